The van der Waals surface area contributed by atoms with Crippen molar-refractivity contribution in [2.24, 2.45) is 10.9 Å². The molecule has 0 aromatic rings. The van der Waals surface area contributed by atoms with Crippen LogP contribution in [0.15, 0.2) is 17.6 Å². The van der Waals surface area contributed by atoms with Gasteiger partial charge in [0, 0.05) is 17.7 Å². The van der Waals surface area contributed by atoms with Crippen LogP contribution in [0.3, 0.4) is 0 Å². The van der Waals surface area contributed by atoms with E-state index in [0.29, 0.717) is 11.7 Å². The molecular formula is C14H22N2O3S2. The lowest BCUT2D eigenvalue weighted by atomic mass is 10.0. The highest BCUT2D eigenvalue weighted by atomic mass is 32.2. The van der Waals surface area contributed by atoms with Crippen molar-refractivity contribution >= 4 is 32.7 Å². The first-order chi connectivity index (χ1) is 9.91. The minimum absolute atomic E-state index is 0.0109. The molecule has 0 N–H and O–H groups in total. The Kier molecular flexibility index (Phi) is 5.14. The number of carbonyl (C=O) groups excluding carboxylic acids is 1. The molecule has 0 saturated carbocycles. The lowest BCUT2D eigenvalue weighted by Crippen LogP contribution is -2.37. The maximum atomic E-state index is 12.2. The number of sulfone groups is 1. The number of thioether (sulfide) groups is 1. The smallest absolute Gasteiger partial charge is 0.251 e. The highest BCUT2D eigenvalue weighted by molar-refractivity contribution is 8.15. The summed E-state index contributed by atoms with van der Waals surface area (Å²) >= 11 is 1.43. The van der Waals surface area contributed by atoms with Gasteiger partial charge in [0.25, 0.3) is 5.91 Å². The molecule has 2 aliphatic rings. The summed E-state index contributed by atoms with van der Waals surface area (Å²) in [6.45, 7) is 8.21. The Morgan fingerprint density at radius 3 is 2.71 bits per heavy atom. The van der Waals surface area contributed by atoms with E-state index in [1.165, 1.54) is 11.8 Å². The first-order valence-corrected chi connectivity index (χ1v) is 9.99. The van der Waals surface area contributed by atoms with Gasteiger partial charge in [0.1, 0.15) is 0 Å². The quantitative estimate of drug-likeness (QED) is 0.718. The molecule has 0 unspecified atom stereocenters. The summed E-state index contributed by atoms with van der Waals surface area (Å²) in [4.78, 5) is 18.4. The molecular weight excluding hydrogens is 308 g/mol. The second-order valence-corrected chi connectivity index (χ2v) is 8.85. The van der Waals surface area contributed by atoms with E-state index < -0.39 is 9.84 Å². The van der Waals surface area contributed by atoms with Crippen LogP contribution in [0, 0.1) is 5.92 Å². The van der Waals surface area contributed by atoms with Crippen molar-refractivity contribution in [3.8, 4) is 0 Å². The number of carbonyl (C=O) groups is 1. The molecule has 0 spiro atoms. The van der Waals surface area contributed by atoms with Crippen LogP contribution in [0.2, 0.25) is 0 Å². The van der Waals surface area contributed by atoms with Crippen LogP contribution in [0.5, 0.6) is 0 Å². The zero-order chi connectivity index (χ0) is 15.6. The molecule has 118 valence electrons. The average molecular weight is 330 g/mol. The predicted molar refractivity (Wildman–Crippen MR) is 87.2 cm³/mol. The van der Waals surface area contributed by atoms with E-state index in [4.69, 9.17) is 0 Å². The standard InChI is InChI=1S/C14H22N2O3S2/c1-4-7-16-11-8-21(18,19)9-12(11)20-14(16)15-13(17)10(5-2)6-3/h4,10-12H,1,5-9H2,2-3H3/t11-,12-/m1/s1. The molecule has 1 amide bonds. The molecule has 5 nitrogen and oxygen atoms in total. The van der Waals surface area contributed by atoms with Gasteiger partial charge in [-0.3, -0.25) is 4.79 Å². The Balaban J connectivity index is 2.21. The summed E-state index contributed by atoms with van der Waals surface area (Å²) in [5.74, 6) is 0.178. The van der Waals surface area contributed by atoms with Crippen molar-refractivity contribution in [3.63, 3.8) is 0 Å². The fraction of sp³-hybridized carbons (Fsp3) is 0.714. The summed E-state index contributed by atoms with van der Waals surface area (Å²) in [5.41, 5.74) is 0. The average Bonchev–Trinajstić information content (AvgIpc) is 2.85. The van der Waals surface area contributed by atoms with Crippen molar-refractivity contribution in [1.29, 1.82) is 0 Å². The van der Waals surface area contributed by atoms with Crippen LogP contribution in [-0.2, 0) is 14.6 Å². The predicted octanol–water partition coefficient (Wildman–Crippen LogP) is 1.71. The van der Waals surface area contributed by atoms with E-state index in [0.717, 1.165) is 12.8 Å². The van der Waals surface area contributed by atoms with Gasteiger partial charge in [-0.05, 0) is 12.8 Å². The molecule has 2 saturated heterocycles. The fourth-order valence-electron chi connectivity index (χ4n) is 2.81. The molecule has 0 aromatic carbocycles. The second kappa shape index (κ2) is 6.52. The Morgan fingerprint density at radius 1 is 1.48 bits per heavy atom. The lowest BCUT2D eigenvalue weighted by Gasteiger charge is -2.22. The number of hydrogen-bond donors (Lipinski definition) is 0. The molecule has 21 heavy (non-hydrogen) atoms. The van der Waals surface area contributed by atoms with Gasteiger partial charge in [-0.25, -0.2) is 8.42 Å². The van der Waals surface area contributed by atoms with Gasteiger partial charge in [0.05, 0.1) is 17.5 Å². The number of amidine groups is 1. The summed E-state index contributed by atoms with van der Waals surface area (Å²) in [6.07, 6.45) is 3.28. The minimum atomic E-state index is -2.97. The summed E-state index contributed by atoms with van der Waals surface area (Å²) in [5, 5.41) is 0.653. The Labute approximate surface area is 130 Å². The molecule has 2 rings (SSSR count). The highest BCUT2D eigenvalue weighted by Crippen LogP contribution is 2.38. The van der Waals surface area contributed by atoms with Gasteiger partial charge in [-0.2, -0.15) is 4.99 Å². The van der Waals surface area contributed by atoms with Crippen LogP contribution >= 0.6 is 11.8 Å². The first kappa shape index (κ1) is 16.5. The molecule has 0 bridgehead atoms. The third-order valence-electron chi connectivity index (χ3n) is 4.04. The molecule has 7 heteroatoms. The van der Waals surface area contributed by atoms with Gasteiger partial charge in [0.15, 0.2) is 15.0 Å². The van der Waals surface area contributed by atoms with Gasteiger partial charge in [-0.1, -0.05) is 31.7 Å². The van der Waals surface area contributed by atoms with E-state index >= 15 is 0 Å². The van der Waals surface area contributed by atoms with Gasteiger partial charge in [0.2, 0.25) is 0 Å². The highest BCUT2D eigenvalue weighted by Gasteiger charge is 2.48. The van der Waals surface area contributed by atoms with Crippen LogP contribution < -0.4 is 0 Å². The summed E-state index contributed by atoms with van der Waals surface area (Å²) in [7, 11) is -2.97. The lowest BCUT2D eigenvalue weighted by molar-refractivity contribution is -0.121. The Morgan fingerprint density at radius 2 is 2.14 bits per heavy atom. The number of rotatable bonds is 5. The minimum Gasteiger partial charge on any atom is -0.342 e. The number of fused-ring (bicyclic) bond motifs is 1. The summed E-state index contributed by atoms with van der Waals surface area (Å²) in [6, 6.07) is -0.0775. The Hall–Kier alpha value is -0.820. The molecule has 2 heterocycles. The van der Waals surface area contributed by atoms with E-state index in [1.54, 1.807) is 6.08 Å². The molecule has 2 aliphatic heterocycles. The third-order valence-corrected chi connectivity index (χ3v) is 7.29. The number of aliphatic imine (C=N–C) groups is 1. The molecule has 2 fully saturated rings. The molecule has 0 aliphatic carbocycles. The van der Waals surface area contributed by atoms with E-state index in [1.807, 2.05) is 18.7 Å². The third kappa shape index (κ3) is 3.51. The van der Waals surface area contributed by atoms with Crippen LogP contribution in [0.1, 0.15) is 26.7 Å². The van der Waals surface area contributed by atoms with Crippen molar-refractivity contribution in [3.05, 3.63) is 12.7 Å². The molecule has 2 atom stereocenters. The first-order valence-electron chi connectivity index (χ1n) is 7.29. The van der Waals surface area contributed by atoms with Crippen molar-refractivity contribution in [1.82, 2.24) is 4.90 Å². The normalized spacial score (nSPS) is 29.1. The topological polar surface area (TPSA) is 66.8 Å². The van der Waals surface area contributed by atoms with Gasteiger partial charge >= 0.3 is 0 Å². The van der Waals surface area contributed by atoms with Crippen molar-refractivity contribution < 1.29 is 13.2 Å². The van der Waals surface area contributed by atoms with E-state index in [-0.39, 0.29) is 34.6 Å². The fourth-order valence-corrected chi connectivity index (χ4v) is 6.78. The maximum Gasteiger partial charge on any atom is 0.251 e. The van der Waals surface area contributed by atoms with Crippen molar-refractivity contribution in [2.45, 2.75) is 38.0 Å². The maximum absolute atomic E-state index is 12.2. The SMILES string of the molecule is C=CCN1C(=NC(=O)C(CC)CC)S[C@@H]2CS(=O)(=O)C[C@H]21. The van der Waals surface area contributed by atoms with Crippen LogP contribution in [0.4, 0.5) is 0 Å². The zero-order valence-corrected chi connectivity index (χ0v) is 14.1. The number of hydrogen-bond acceptors (Lipinski definition) is 4. The number of amides is 1. The van der Waals surface area contributed by atoms with Gasteiger partial charge in [-0.15, -0.1) is 6.58 Å². The Bertz CT molecular complexity index is 553. The monoisotopic (exact) mass is 330 g/mol. The second-order valence-electron chi connectivity index (χ2n) is 5.49. The number of nitrogens with zero attached hydrogens (tertiary/aromatic N) is 2. The van der Waals surface area contributed by atoms with Crippen LogP contribution in [0.25, 0.3) is 0 Å². The zero-order valence-electron chi connectivity index (χ0n) is 12.5. The van der Waals surface area contributed by atoms with Gasteiger partial charge < -0.3 is 4.90 Å². The van der Waals surface area contributed by atoms with Crippen molar-refractivity contribution in [2.75, 3.05) is 18.1 Å². The van der Waals surface area contributed by atoms with Crippen LogP contribution in [-0.4, -0.2) is 53.7 Å². The summed E-state index contributed by atoms with van der Waals surface area (Å²) < 4.78 is 23.5. The molecule has 0 aromatic heterocycles. The van der Waals surface area contributed by atoms with E-state index in [9.17, 15) is 13.2 Å². The molecule has 0 radical (unpaired) electrons. The van der Waals surface area contributed by atoms with E-state index in [2.05, 4.69) is 11.6 Å². The largest absolute Gasteiger partial charge is 0.342 e.